The predicted molar refractivity (Wildman–Crippen MR) is 64.1 cm³/mol. The topological polar surface area (TPSA) is 35.5 Å². The molecule has 0 saturated carbocycles. The normalized spacial score (nSPS) is 21.6. The van der Waals surface area contributed by atoms with Crippen molar-refractivity contribution in [3.63, 3.8) is 0 Å². The van der Waals surface area contributed by atoms with E-state index in [1.807, 2.05) is 13.8 Å². The molecule has 1 unspecified atom stereocenters. The first kappa shape index (κ1) is 12.9. The van der Waals surface area contributed by atoms with Crippen LogP contribution in [0.4, 0.5) is 0 Å². The summed E-state index contributed by atoms with van der Waals surface area (Å²) < 4.78 is 0. The average molecular weight is 214 g/mol. The van der Waals surface area contributed by atoms with Crippen LogP contribution >= 0.6 is 0 Å². The number of piperidine rings is 1. The highest BCUT2D eigenvalue weighted by atomic mass is 16.3. The monoisotopic (exact) mass is 214 g/mol. The zero-order valence-corrected chi connectivity index (χ0v) is 10.4. The second-order valence-corrected chi connectivity index (χ2v) is 5.39. The molecule has 0 aromatic rings. The standard InChI is InChI=1S/C12H26N2O/c1-11(9-13-10-12(2,3)15)14-7-5-4-6-8-14/h11,13,15H,4-10H2,1-3H3. The molecule has 1 aliphatic rings. The molecule has 0 spiro atoms. The third kappa shape index (κ3) is 5.50. The van der Waals surface area contributed by atoms with Crippen molar-refractivity contribution in [2.45, 2.75) is 51.7 Å². The number of rotatable bonds is 5. The SMILES string of the molecule is CC(CNCC(C)(C)O)N1CCCCC1. The van der Waals surface area contributed by atoms with Gasteiger partial charge in [-0.1, -0.05) is 6.42 Å². The minimum absolute atomic E-state index is 0.590. The van der Waals surface area contributed by atoms with Crippen LogP contribution in [-0.2, 0) is 0 Å². The summed E-state index contributed by atoms with van der Waals surface area (Å²) in [5, 5.41) is 12.9. The lowest BCUT2D eigenvalue weighted by Gasteiger charge is -2.33. The van der Waals surface area contributed by atoms with Gasteiger partial charge in [0.05, 0.1) is 5.60 Å². The van der Waals surface area contributed by atoms with Crippen LogP contribution < -0.4 is 5.32 Å². The molecule has 0 amide bonds. The Bertz CT molecular complexity index is 171. The molecule has 0 radical (unpaired) electrons. The van der Waals surface area contributed by atoms with Crippen molar-refractivity contribution < 1.29 is 5.11 Å². The summed E-state index contributed by atoms with van der Waals surface area (Å²) in [4.78, 5) is 2.54. The molecule has 1 atom stereocenters. The smallest absolute Gasteiger partial charge is 0.0715 e. The number of likely N-dealkylation sites (tertiary alicyclic amines) is 1. The van der Waals surface area contributed by atoms with Gasteiger partial charge in [0.15, 0.2) is 0 Å². The van der Waals surface area contributed by atoms with Crippen LogP contribution in [-0.4, -0.2) is 47.8 Å². The lowest BCUT2D eigenvalue weighted by atomic mass is 10.1. The van der Waals surface area contributed by atoms with E-state index in [4.69, 9.17) is 0 Å². The highest BCUT2D eigenvalue weighted by Gasteiger charge is 2.17. The molecule has 0 aromatic heterocycles. The summed E-state index contributed by atoms with van der Waals surface area (Å²) >= 11 is 0. The molecule has 0 bridgehead atoms. The first-order valence-corrected chi connectivity index (χ1v) is 6.16. The lowest BCUT2D eigenvalue weighted by Crippen LogP contribution is -2.45. The third-order valence-corrected chi connectivity index (χ3v) is 3.01. The Morgan fingerprint density at radius 2 is 1.87 bits per heavy atom. The van der Waals surface area contributed by atoms with E-state index >= 15 is 0 Å². The summed E-state index contributed by atoms with van der Waals surface area (Å²) in [5.41, 5.74) is -0.596. The Hall–Kier alpha value is -0.120. The van der Waals surface area contributed by atoms with Crippen LogP contribution in [0.1, 0.15) is 40.0 Å². The lowest BCUT2D eigenvalue weighted by molar-refractivity contribution is 0.0760. The quantitative estimate of drug-likeness (QED) is 0.722. The van der Waals surface area contributed by atoms with Crippen LogP contribution in [0.15, 0.2) is 0 Å². The van der Waals surface area contributed by atoms with E-state index in [9.17, 15) is 5.11 Å². The van der Waals surface area contributed by atoms with E-state index in [1.54, 1.807) is 0 Å². The van der Waals surface area contributed by atoms with Gasteiger partial charge in [-0.2, -0.15) is 0 Å². The maximum atomic E-state index is 9.56. The van der Waals surface area contributed by atoms with Crippen molar-refractivity contribution in [1.29, 1.82) is 0 Å². The van der Waals surface area contributed by atoms with E-state index in [0.717, 1.165) is 6.54 Å². The molecule has 1 heterocycles. The molecule has 3 heteroatoms. The molecular formula is C12H26N2O. The zero-order chi connectivity index (χ0) is 11.3. The van der Waals surface area contributed by atoms with Gasteiger partial charge in [0, 0.05) is 19.1 Å². The molecule has 90 valence electrons. The zero-order valence-electron chi connectivity index (χ0n) is 10.4. The second-order valence-electron chi connectivity index (χ2n) is 5.39. The molecule has 15 heavy (non-hydrogen) atoms. The number of nitrogens with zero attached hydrogens (tertiary/aromatic N) is 1. The maximum absolute atomic E-state index is 9.56. The molecule has 0 aliphatic carbocycles. The summed E-state index contributed by atoms with van der Waals surface area (Å²) in [6.07, 6.45) is 4.08. The second kappa shape index (κ2) is 5.83. The fraction of sp³-hybridized carbons (Fsp3) is 1.00. The van der Waals surface area contributed by atoms with Gasteiger partial charge in [-0.25, -0.2) is 0 Å². The summed E-state index contributed by atoms with van der Waals surface area (Å²) in [7, 11) is 0. The number of hydrogen-bond donors (Lipinski definition) is 2. The fourth-order valence-electron chi connectivity index (χ4n) is 2.08. The molecule has 1 aliphatic heterocycles. The van der Waals surface area contributed by atoms with Gasteiger partial charge in [0.25, 0.3) is 0 Å². The van der Waals surface area contributed by atoms with E-state index in [-0.39, 0.29) is 0 Å². The van der Waals surface area contributed by atoms with E-state index in [2.05, 4.69) is 17.1 Å². The van der Waals surface area contributed by atoms with Gasteiger partial charge in [0.1, 0.15) is 0 Å². The minimum atomic E-state index is -0.596. The summed E-state index contributed by atoms with van der Waals surface area (Å²) in [6.45, 7) is 10.1. The van der Waals surface area contributed by atoms with E-state index < -0.39 is 5.60 Å². The van der Waals surface area contributed by atoms with Crippen molar-refractivity contribution in [3.05, 3.63) is 0 Å². The molecule has 1 saturated heterocycles. The third-order valence-electron chi connectivity index (χ3n) is 3.01. The van der Waals surface area contributed by atoms with Crippen molar-refractivity contribution in [3.8, 4) is 0 Å². The molecule has 1 fully saturated rings. The van der Waals surface area contributed by atoms with Gasteiger partial charge in [-0.15, -0.1) is 0 Å². The van der Waals surface area contributed by atoms with Gasteiger partial charge in [0.2, 0.25) is 0 Å². The Kier molecular flexibility index (Phi) is 5.03. The number of aliphatic hydroxyl groups is 1. The van der Waals surface area contributed by atoms with Crippen LogP contribution in [0.3, 0.4) is 0 Å². The van der Waals surface area contributed by atoms with Crippen molar-refractivity contribution in [2.75, 3.05) is 26.2 Å². The van der Waals surface area contributed by atoms with E-state index in [0.29, 0.717) is 12.6 Å². The van der Waals surface area contributed by atoms with Crippen LogP contribution in [0.25, 0.3) is 0 Å². The Balaban J connectivity index is 2.14. The van der Waals surface area contributed by atoms with Gasteiger partial charge < -0.3 is 10.4 Å². The maximum Gasteiger partial charge on any atom is 0.0715 e. The Morgan fingerprint density at radius 1 is 1.27 bits per heavy atom. The predicted octanol–water partition coefficient (Wildman–Crippen LogP) is 1.22. The number of nitrogens with one attached hydrogen (secondary N) is 1. The van der Waals surface area contributed by atoms with Gasteiger partial charge in [-0.05, 0) is 46.7 Å². The fourth-order valence-corrected chi connectivity index (χ4v) is 2.08. The van der Waals surface area contributed by atoms with Crippen molar-refractivity contribution in [1.82, 2.24) is 10.2 Å². The van der Waals surface area contributed by atoms with E-state index in [1.165, 1.54) is 32.4 Å². The van der Waals surface area contributed by atoms with Crippen molar-refractivity contribution in [2.24, 2.45) is 0 Å². The summed E-state index contributed by atoms with van der Waals surface area (Å²) in [5.74, 6) is 0. The molecule has 2 N–H and O–H groups in total. The highest BCUT2D eigenvalue weighted by Crippen LogP contribution is 2.11. The number of hydrogen-bond acceptors (Lipinski definition) is 3. The summed E-state index contributed by atoms with van der Waals surface area (Å²) in [6, 6.07) is 0.590. The molecule has 1 rings (SSSR count). The minimum Gasteiger partial charge on any atom is -0.389 e. The van der Waals surface area contributed by atoms with Crippen LogP contribution in [0, 0.1) is 0 Å². The first-order chi connectivity index (χ1) is 6.99. The molecular weight excluding hydrogens is 188 g/mol. The molecule has 0 aromatic carbocycles. The highest BCUT2D eigenvalue weighted by molar-refractivity contribution is 4.75. The first-order valence-electron chi connectivity index (χ1n) is 6.16. The molecule has 3 nitrogen and oxygen atoms in total. The Labute approximate surface area is 93.9 Å². The van der Waals surface area contributed by atoms with Crippen LogP contribution in [0.5, 0.6) is 0 Å². The van der Waals surface area contributed by atoms with Gasteiger partial charge in [-0.3, -0.25) is 4.90 Å². The Morgan fingerprint density at radius 3 is 2.40 bits per heavy atom. The largest absolute Gasteiger partial charge is 0.389 e. The van der Waals surface area contributed by atoms with Crippen LogP contribution in [0.2, 0.25) is 0 Å². The van der Waals surface area contributed by atoms with Gasteiger partial charge >= 0.3 is 0 Å². The van der Waals surface area contributed by atoms with Crippen molar-refractivity contribution >= 4 is 0 Å². The average Bonchev–Trinajstić information content (AvgIpc) is 2.17.